The van der Waals surface area contributed by atoms with Gasteiger partial charge in [-0.3, -0.25) is 9.69 Å². The Bertz CT molecular complexity index is 621. The standard InChI is InChI=1S/C21H31N3O3/c25-21(16-23-11-13-26-14-12-23)22-17-3-1-6-20(15-17)27-19-7-9-24(10-8-19)18-4-2-5-18/h1,3,6,15,18-19H,2,4-5,7-14,16H2,(H,22,25). The lowest BCUT2D eigenvalue weighted by Gasteiger charge is -2.41. The van der Waals surface area contributed by atoms with E-state index in [0.717, 1.165) is 56.5 Å². The van der Waals surface area contributed by atoms with E-state index in [1.165, 1.54) is 19.3 Å². The predicted molar refractivity (Wildman–Crippen MR) is 105 cm³/mol. The van der Waals surface area contributed by atoms with Crippen molar-refractivity contribution in [3.63, 3.8) is 0 Å². The minimum atomic E-state index is 0.0165. The van der Waals surface area contributed by atoms with Gasteiger partial charge < -0.3 is 19.7 Å². The summed E-state index contributed by atoms with van der Waals surface area (Å²) in [6, 6.07) is 8.62. The van der Waals surface area contributed by atoms with Crippen molar-refractivity contribution in [2.75, 3.05) is 51.3 Å². The lowest BCUT2D eigenvalue weighted by Crippen LogP contribution is -2.46. The lowest BCUT2D eigenvalue weighted by molar-refractivity contribution is -0.118. The van der Waals surface area contributed by atoms with Gasteiger partial charge in [0, 0.05) is 44.0 Å². The molecule has 3 fully saturated rings. The second-order valence-corrected chi connectivity index (χ2v) is 7.90. The number of carbonyl (C=O) groups is 1. The summed E-state index contributed by atoms with van der Waals surface area (Å²) >= 11 is 0. The summed E-state index contributed by atoms with van der Waals surface area (Å²) in [6.07, 6.45) is 6.59. The molecule has 1 saturated carbocycles. The molecule has 6 heteroatoms. The van der Waals surface area contributed by atoms with Crippen LogP contribution in [0, 0.1) is 0 Å². The molecule has 0 unspecified atom stereocenters. The van der Waals surface area contributed by atoms with E-state index in [1.807, 2.05) is 24.3 Å². The number of piperidine rings is 1. The molecule has 0 aromatic heterocycles. The van der Waals surface area contributed by atoms with Crippen molar-refractivity contribution in [1.29, 1.82) is 0 Å². The monoisotopic (exact) mass is 373 g/mol. The first kappa shape index (κ1) is 18.7. The van der Waals surface area contributed by atoms with Crippen LogP contribution in [-0.4, -0.2) is 73.8 Å². The van der Waals surface area contributed by atoms with Crippen molar-refractivity contribution in [2.45, 2.75) is 44.2 Å². The molecular formula is C21H31N3O3. The smallest absolute Gasteiger partial charge is 0.238 e. The fourth-order valence-corrected chi connectivity index (χ4v) is 4.11. The van der Waals surface area contributed by atoms with Gasteiger partial charge >= 0.3 is 0 Å². The number of nitrogens with one attached hydrogen (secondary N) is 1. The average molecular weight is 373 g/mol. The van der Waals surface area contributed by atoms with E-state index < -0.39 is 0 Å². The molecule has 27 heavy (non-hydrogen) atoms. The molecule has 1 aromatic rings. The maximum atomic E-state index is 12.3. The maximum Gasteiger partial charge on any atom is 0.238 e. The number of hydrogen-bond acceptors (Lipinski definition) is 5. The highest BCUT2D eigenvalue weighted by molar-refractivity contribution is 5.92. The van der Waals surface area contributed by atoms with Crippen molar-refractivity contribution < 1.29 is 14.3 Å². The summed E-state index contributed by atoms with van der Waals surface area (Å²) in [5, 5.41) is 2.99. The van der Waals surface area contributed by atoms with Crippen LogP contribution in [0.25, 0.3) is 0 Å². The van der Waals surface area contributed by atoms with Gasteiger partial charge in [0.05, 0.1) is 19.8 Å². The first-order chi connectivity index (χ1) is 13.3. The third-order valence-electron chi connectivity index (χ3n) is 5.96. The van der Waals surface area contributed by atoms with Crippen LogP contribution >= 0.6 is 0 Å². The quantitative estimate of drug-likeness (QED) is 0.830. The minimum Gasteiger partial charge on any atom is -0.490 e. The SMILES string of the molecule is O=C(CN1CCOCC1)Nc1cccc(OC2CCN(C3CCC3)CC2)c1. The molecule has 0 atom stereocenters. The first-order valence-corrected chi connectivity index (χ1v) is 10.4. The number of benzene rings is 1. The number of hydrogen-bond donors (Lipinski definition) is 1. The molecule has 1 N–H and O–H groups in total. The van der Waals surface area contributed by atoms with Crippen LogP contribution in [0.15, 0.2) is 24.3 Å². The molecule has 0 spiro atoms. The Morgan fingerprint density at radius 3 is 2.59 bits per heavy atom. The molecule has 2 heterocycles. The largest absolute Gasteiger partial charge is 0.490 e. The molecule has 2 aliphatic heterocycles. The van der Waals surface area contributed by atoms with Gasteiger partial charge in [-0.15, -0.1) is 0 Å². The lowest BCUT2D eigenvalue weighted by atomic mass is 9.90. The molecule has 6 nitrogen and oxygen atoms in total. The summed E-state index contributed by atoms with van der Waals surface area (Å²) in [4.78, 5) is 17.0. The van der Waals surface area contributed by atoms with E-state index in [-0.39, 0.29) is 12.0 Å². The molecule has 148 valence electrons. The summed E-state index contributed by atoms with van der Waals surface area (Å²) < 4.78 is 11.5. The first-order valence-electron chi connectivity index (χ1n) is 10.4. The summed E-state index contributed by atoms with van der Waals surface area (Å²) in [5.41, 5.74) is 0.803. The van der Waals surface area contributed by atoms with Crippen molar-refractivity contribution in [2.24, 2.45) is 0 Å². The van der Waals surface area contributed by atoms with Crippen LogP contribution < -0.4 is 10.1 Å². The Hall–Kier alpha value is -1.63. The molecule has 0 radical (unpaired) electrons. The van der Waals surface area contributed by atoms with Crippen LogP contribution in [0.2, 0.25) is 0 Å². The Kier molecular flexibility index (Phi) is 6.27. The number of anilines is 1. The normalized spacial score (nSPS) is 23.0. The van der Waals surface area contributed by atoms with Gasteiger partial charge in [0.25, 0.3) is 0 Å². The number of nitrogens with zero attached hydrogens (tertiary/aromatic N) is 2. The van der Waals surface area contributed by atoms with Gasteiger partial charge in [-0.2, -0.15) is 0 Å². The van der Waals surface area contributed by atoms with Crippen LogP contribution in [-0.2, 0) is 9.53 Å². The van der Waals surface area contributed by atoms with Gasteiger partial charge in [0.1, 0.15) is 11.9 Å². The third kappa shape index (κ3) is 5.21. The zero-order chi connectivity index (χ0) is 18.5. The molecule has 3 aliphatic rings. The molecule has 4 rings (SSSR count). The van der Waals surface area contributed by atoms with Crippen LogP contribution in [0.1, 0.15) is 32.1 Å². The van der Waals surface area contributed by atoms with E-state index in [0.29, 0.717) is 19.8 Å². The predicted octanol–water partition coefficient (Wildman–Crippen LogP) is 2.35. The minimum absolute atomic E-state index is 0.0165. The fraction of sp³-hybridized carbons (Fsp3) is 0.667. The van der Waals surface area contributed by atoms with Crippen molar-refractivity contribution in [3.8, 4) is 5.75 Å². The maximum absolute atomic E-state index is 12.3. The molecule has 2 saturated heterocycles. The van der Waals surface area contributed by atoms with Gasteiger partial charge in [0.15, 0.2) is 0 Å². The second kappa shape index (κ2) is 9.04. The van der Waals surface area contributed by atoms with E-state index in [1.54, 1.807) is 0 Å². The second-order valence-electron chi connectivity index (χ2n) is 7.90. The van der Waals surface area contributed by atoms with Gasteiger partial charge in [0.2, 0.25) is 5.91 Å². The summed E-state index contributed by atoms with van der Waals surface area (Å²) in [7, 11) is 0. The zero-order valence-electron chi connectivity index (χ0n) is 16.1. The number of likely N-dealkylation sites (tertiary alicyclic amines) is 1. The van der Waals surface area contributed by atoms with Gasteiger partial charge in [-0.25, -0.2) is 0 Å². The summed E-state index contributed by atoms with van der Waals surface area (Å²) in [5.74, 6) is 0.865. The Labute approximate surface area is 161 Å². The highest BCUT2D eigenvalue weighted by atomic mass is 16.5. The zero-order valence-corrected chi connectivity index (χ0v) is 16.1. The van der Waals surface area contributed by atoms with Crippen molar-refractivity contribution >= 4 is 11.6 Å². The molecule has 0 bridgehead atoms. The average Bonchev–Trinajstić information content (AvgIpc) is 2.63. The van der Waals surface area contributed by atoms with Crippen LogP contribution in [0.3, 0.4) is 0 Å². The molecule has 1 amide bonds. The van der Waals surface area contributed by atoms with Gasteiger partial charge in [-0.1, -0.05) is 12.5 Å². The number of ether oxygens (including phenoxy) is 2. The Balaban J connectivity index is 1.24. The number of carbonyl (C=O) groups excluding carboxylic acids is 1. The van der Waals surface area contributed by atoms with Crippen molar-refractivity contribution in [1.82, 2.24) is 9.80 Å². The van der Waals surface area contributed by atoms with E-state index >= 15 is 0 Å². The topological polar surface area (TPSA) is 54.0 Å². The number of morpholine rings is 1. The van der Waals surface area contributed by atoms with Crippen LogP contribution in [0.4, 0.5) is 5.69 Å². The Morgan fingerprint density at radius 1 is 1.11 bits per heavy atom. The Morgan fingerprint density at radius 2 is 1.89 bits per heavy atom. The molecule has 1 aromatic carbocycles. The number of rotatable bonds is 6. The van der Waals surface area contributed by atoms with E-state index in [9.17, 15) is 4.79 Å². The van der Waals surface area contributed by atoms with Crippen LogP contribution in [0.5, 0.6) is 5.75 Å². The van der Waals surface area contributed by atoms with E-state index in [2.05, 4.69) is 15.1 Å². The number of amides is 1. The molecular weight excluding hydrogens is 342 g/mol. The highest BCUT2D eigenvalue weighted by Gasteiger charge is 2.29. The third-order valence-corrected chi connectivity index (χ3v) is 5.96. The molecule has 1 aliphatic carbocycles. The van der Waals surface area contributed by atoms with E-state index in [4.69, 9.17) is 9.47 Å². The highest BCUT2D eigenvalue weighted by Crippen LogP contribution is 2.29. The van der Waals surface area contributed by atoms with Crippen molar-refractivity contribution in [3.05, 3.63) is 24.3 Å². The summed E-state index contributed by atoms with van der Waals surface area (Å²) in [6.45, 7) is 5.74. The van der Waals surface area contributed by atoms with Gasteiger partial charge in [-0.05, 0) is 37.8 Å². The fourth-order valence-electron chi connectivity index (χ4n) is 4.11.